The lowest BCUT2D eigenvalue weighted by Gasteiger charge is -2.21. The number of ether oxygens (including phenoxy) is 1. The summed E-state index contributed by atoms with van der Waals surface area (Å²) < 4.78 is 70.7. The summed E-state index contributed by atoms with van der Waals surface area (Å²) in [6, 6.07) is 0. The second-order valence-electron chi connectivity index (χ2n) is 4.40. The molecular weight excluding hydrogens is 379 g/mol. The zero-order chi connectivity index (χ0) is 19.6. The SMILES string of the molecule is C=CCNc1c(C(=O)O)c(C(F)(F)F)nc(C(F)(F)Cl)c1C(=O)OC. The van der Waals surface area contributed by atoms with E-state index in [0.717, 1.165) is 13.2 Å². The Morgan fingerprint density at radius 2 is 1.84 bits per heavy atom. The number of pyridine rings is 1. The highest BCUT2D eigenvalue weighted by atomic mass is 35.5. The lowest BCUT2D eigenvalue weighted by molar-refractivity contribution is -0.142. The highest BCUT2D eigenvalue weighted by molar-refractivity contribution is 6.22. The van der Waals surface area contributed by atoms with Crippen molar-refractivity contribution in [1.29, 1.82) is 0 Å². The maximum absolute atomic E-state index is 13.5. The standard InChI is InChI=1S/C13H10ClF5N2O4/c1-3-4-20-7-5(10(22)23)9(13(17,18)19)21-8(12(14,15)16)6(7)11(24)25-2/h3H,1,4H2,2H3,(H,20,21)(H,22,23). The Balaban J connectivity index is 4.08. The molecule has 0 fully saturated rings. The van der Waals surface area contributed by atoms with Crippen LogP contribution in [0.2, 0.25) is 0 Å². The van der Waals surface area contributed by atoms with E-state index in [1.807, 2.05) is 0 Å². The molecule has 0 aliphatic heterocycles. The normalized spacial score (nSPS) is 11.8. The fraction of sp³-hybridized carbons (Fsp3) is 0.308. The number of hydrogen-bond donors (Lipinski definition) is 2. The van der Waals surface area contributed by atoms with E-state index in [9.17, 15) is 31.5 Å². The van der Waals surface area contributed by atoms with Gasteiger partial charge in [0.05, 0.1) is 12.8 Å². The number of alkyl halides is 6. The van der Waals surface area contributed by atoms with Crippen molar-refractivity contribution in [3.8, 4) is 0 Å². The number of rotatable bonds is 6. The van der Waals surface area contributed by atoms with Gasteiger partial charge in [-0.05, 0) is 11.6 Å². The van der Waals surface area contributed by atoms with Gasteiger partial charge in [0.2, 0.25) is 0 Å². The van der Waals surface area contributed by atoms with Gasteiger partial charge in [-0.2, -0.15) is 22.0 Å². The van der Waals surface area contributed by atoms with Crippen LogP contribution >= 0.6 is 11.6 Å². The fourth-order valence-corrected chi connectivity index (χ4v) is 1.99. The van der Waals surface area contributed by atoms with Crippen molar-refractivity contribution in [2.45, 2.75) is 11.6 Å². The zero-order valence-corrected chi connectivity index (χ0v) is 13.1. The first kappa shape index (κ1) is 20.6. The molecule has 0 radical (unpaired) electrons. The molecule has 0 spiro atoms. The van der Waals surface area contributed by atoms with Gasteiger partial charge in [0.1, 0.15) is 16.8 Å². The third-order valence-corrected chi connectivity index (χ3v) is 2.94. The van der Waals surface area contributed by atoms with Gasteiger partial charge >= 0.3 is 23.5 Å². The van der Waals surface area contributed by atoms with Gasteiger partial charge in [-0.25, -0.2) is 14.6 Å². The number of esters is 1. The maximum atomic E-state index is 13.5. The molecule has 1 rings (SSSR count). The average Bonchev–Trinajstić information content (AvgIpc) is 2.48. The lowest BCUT2D eigenvalue weighted by Crippen LogP contribution is -2.26. The van der Waals surface area contributed by atoms with E-state index in [4.69, 9.17) is 16.7 Å². The van der Waals surface area contributed by atoms with E-state index in [2.05, 4.69) is 21.6 Å². The summed E-state index contributed by atoms with van der Waals surface area (Å²) in [5.41, 5.74) is -7.74. The smallest absolute Gasteiger partial charge is 0.434 e. The molecule has 0 saturated heterocycles. The van der Waals surface area contributed by atoms with E-state index in [0.29, 0.717) is 0 Å². The topological polar surface area (TPSA) is 88.5 Å². The second-order valence-corrected chi connectivity index (χ2v) is 4.87. The molecule has 1 heterocycles. The molecule has 138 valence electrons. The van der Waals surface area contributed by atoms with Gasteiger partial charge in [0, 0.05) is 6.54 Å². The molecular formula is C13H10ClF5N2O4. The number of carbonyl (C=O) groups is 2. The minimum absolute atomic E-state index is 0.348. The van der Waals surface area contributed by atoms with Crippen LogP contribution in [-0.4, -0.2) is 35.7 Å². The monoisotopic (exact) mass is 388 g/mol. The number of halogens is 6. The minimum Gasteiger partial charge on any atom is -0.478 e. The van der Waals surface area contributed by atoms with Crippen LogP contribution in [-0.2, 0) is 16.3 Å². The highest BCUT2D eigenvalue weighted by Gasteiger charge is 2.46. The number of carboxylic acids is 1. The predicted molar refractivity (Wildman–Crippen MR) is 76.0 cm³/mol. The van der Waals surface area contributed by atoms with Gasteiger partial charge in [-0.15, -0.1) is 6.58 Å². The first-order valence-corrected chi connectivity index (χ1v) is 6.62. The Hall–Kier alpha value is -2.43. The summed E-state index contributed by atoms with van der Waals surface area (Å²) in [7, 11) is 0.758. The summed E-state index contributed by atoms with van der Waals surface area (Å²) in [5, 5.41) is 6.72. The summed E-state index contributed by atoms with van der Waals surface area (Å²) in [6.45, 7) is 2.90. The fourth-order valence-electron chi connectivity index (χ4n) is 1.86. The van der Waals surface area contributed by atoms with Gasteiger partial charge in [0.25, 0.3) is 0 Å². The van der Waals surface area contributed by atoms with Crippen molar-refractivity contribution >= 4 is 29.2 Å². The number of aromatic nitrogens is 1. The van der Waals surface area contributed by atoms with Crippen LogP contribution in [0.5, 0.6) is 0 Å². The molecule has 6 nitrogen and oxygen atoms in total. The molecule has 1 aromatic rings. The van der Waals surface area contributed by atoms with E-state index in [-0.39, 0.29) is 6.54 Å². The first-order chi connectivity index (χ1) is 11.4. The number of nitrogens with zero attached hydrogens (tertiary/aromatic N) is 1. The number of carbonyl (C=O) groups excluding carboxylic acids is 1. The van der Waals surface area contributed by atoms with Crippen molar-refractivity contribution in [3.05, 3.63) is 35.2 Å². The molecule has 1 aromatic heterocycles. The molecule has 0 aliphatic carbocycles. The van der Waals surface area contributed by atoms with Crippen molar-refractivity contribution in [2.24, 2.45) is 0 Å². The van der Waals surface area contributed by atoms with E-state index >= 15 is 0 Å². The second kappa shape index (κ2) is 7.21. The van der Waals surface area contributed by atoms with Gasteiger partial charge in [-0.1, -0.05) is 6.08 Å². The Morgan fingerprint density at radius 3 is 2.20 bits per heavy atom. The predicted octanol–water partition coefficient (Wildman–Crippen LogP) is 3.47. The van der Waals surface area contributed by atoms with Crippen LogP contribution in [0.4, 0.5) is 27.6 Å². The van der Waals surface area contributed by atoms with Crippen LogP contribution in [0.15, 0.2) is 12.7 Å². The molecule has 0 unspecified atom stereocenters. The Bertz CT molecular complexity index is 716. The van der Waals surface area contributed by atoms with Crippen LogP contribution in [0.1, 0.15) is 32.1 Å². The molecule has 0 aliphatic rings. The molecule has 0 amide bonds. The molecule has 12 heteroatoms. The number of anilines is 1. The summed E-state index contributed by atoms with van der Waals surface area (Å²) in [4.78, 5) is 25.7. The third kappa shape index (κ3) is 4.35. The molecule has 2 N–H and O–H groups in total. The number of nitrogens with one attached hydrogen (secondary N) is 1. The highest BCUT2D eigenvalue weighted by Crippen LogP contribution is 2.42. The molecule has 0 saturated carbocycles. The van der Waals surface area contributed by atoms with Crippen LogP contribution in [0.3, 0.4) is 0 Å². The Labute approximate surface area is 142 Å². The number of hydrogen-bond acceptors (Lipinski definition) is 5. The maximum Gasteiger partial charge on any atom is 0.434 e. The quantitative estimate of drug-likeness (QED) is 0.336. The van der Waals surface area contributed by atoms with Crippen molar-refractivity contribution in [2.75, 3.05) is 19.0 Å². The third-order valence-electron chi connectivity index (χ3n) is 2.76. The lowest BCUT2D eigenvalue weighted by atomic mass is 10.0. The first-order valence-electron chi connectivity index (χ1n) is 6.25. The average molecular weight is 389 g/mol. The molecule has 25 heavy (non-hydrogen) atoms. The molecule has 0 bridgehead atoms. The largest absolute Gasteiger partial charge is 0.478 e. The molecule has 0 atom stereocenters. The van der Waals surface area contributed by atoms with Gasteiger partial charge in [-0.3, -0.25) is 0 Å². The van der Waals surface area contributed by atoms with Crippen LogP contribution < -0.4 is 5.32 Å². The summed E-state index contributed by atoms with van der Waals surface area (Å²) in [6.07, 6.45) is -4.32. The minimum atomic E-state index is -5.41. The van der Waals surface area contributed by atoms with Crippen molar-refractivity contribution < 1.29 is 41.4 Å². The van der Waals surface area contributed by atoms with Crippen LogP contribution in [0.25, 0.3) is 0 Å². The summed E-state index contributed by atoms with van der Waals surface area (Å²) >= 11 is 4.76. The Kier molecular flexibility index (Phi) is 5.95. The molecule has 0 aromatic carbocycles. The van der Waals surface area contributed by atoms with Crippen LogP contribution in [0, 0.1) is 0 Å². The summed E-state index contributed by atoms with van der Waals surface area (Å²) in [5.74, 6) is -3.70. The van der Waals surface area contributed by atoms with Crippen molar-refractivity contribution in [1.82, 2.24) is 4.98 Å². The number of aromatic carboxylic acids is 1. The number of methoxy groups -OCH3 is 1. The van der Waals surface area contributed by atoms with E-state index in [1.165, 1.54) is 0 Å². The van der Waals surface area contributed by atoms with Gasteiger partial charge in [0.15, 0.2) is 5.69 Å². The van der Waals surface area contributed by atoms with Gasteiger partial charge < -0.3 is 15.2 Å². The Morgan fingerprint density at radius 1 is 1.28 bits per heavy atom. The van der Waals surface area contributed by atoms with Crippen molar-refractivity contribution in [3.63, 3.8) is 0 Å². The van der Waals surface area contributed by atoms with E-state index < -0.39 is 51.7 Å². The zero-order valence-electron chi connectivity index (χ0n) is 12.4. The number of carboxylic acid groups (broad SMARTS) is 1. The van der Waals surface area contributed by atoms with E-state index in [1.54, 1.807) is 0 Å².